The number of nitrogens with zero attached hydrogens (tertiary/aromatic N) is 5. The maximum absolute atomic E-state index is 12.7. The van der Waals surface area contributed by atoms with Gasteiger partial charge in [-0.1, -0.05) is 30.3 Å². The minimum absolute atomic E-state index is 0.234. The molecule has 0 bridgehead atoms. The van der Waals surface area contributed by atoms with Crippen LogP contribution in [0.2, 0.25) is 0 Å². The number of pyridine rings is 1. The van der Waals surface area contributed by atoms with E-state index in [2.05, 4.69) is 40.8 Å². The zero-order valence-electron chi connectivity index (χ0n) is 24.9. The van der Waals surface area contributed by atoms with Gasteiger partial charge in [0.25, 0.3) is 23.6 Å². The van der Waals surface area contributed by atoms with Crippen LogP contribution >= 0.6 is 12.6 Å². The van der Waals surface area contributed by atoms with Gasteiger partial charge in [-0.2, -0.15) is 12.6 Å². The predicted molar refractivity (Wildman–Crippen MR) is 164 cm³/mol. The van der Waals surface area contributed by atoms with Gasteiger partial charge in [0.15, 0.2) is 0 Å². The van der Waals surface area contributed by atoms with Gasteiger partial charge < -0.3 is 8.97 Å². The average molecular weight is 590 g/mol. The quantitative estimate of drug-likeness (QED) is 0.223. The molecule has 0 saturated heterocycles. The molecule has 0 fully saturated rings. The minimum atomic E-state index is -0.234. The third kappa shape index (κ3) is 6.61. The molecule has 0 N–H and O–H groups in total. The van der Waals surface area contributed by atoms with Crippen molar-refractivity contribution in [2.45, 2.75) is 13.1 Å². The van der Waals surface area contributed by atoms with E-state index in [1.165, 1.54) is 9.80 Å². The molecule has 3 heterocycles. The van der Waals surface area contributed by atoms with E-state index in [0.29, 0.717) is 70.5 Å². The maximum Gasteiger partial charge on any atom is 0.261 e. The molecule has 0 saturated carbocycles. The van der Waals surface area contributed by atoms with Gasteiger partial charge in [0.2, 0.25) is 0 Å². The SMILES string of the molecule is CS.C[N+](C)(CCN1C(=O)c2ccccc2C1=O)Cc1cccc(C[N+](C)(C)CCN2C(=O)c3ccccc3C2=O)n1. The number of amides is 4. The number of rotatable bonds is 10. The van der Waals surface area contributed by atoms with E-state index in [-0.39, 0.29) is 23.6 Å². The second-order valence-corrected chi connectivity index (χ2v) is 11.9. The van der Waals surface area contributed by atoms with Crippen LogP contribution in [0.5, 0.6) is 0 Å². The fraction of sp³-hybridized carbons (Fsp3) is 0.344. The molecule has 3 aromatic rings. The standard InChI is InChI=1S/C31H35N5O4.CH4S/c1-35(2,18-16-33-28(37)24-12-5-6-13-25(24)29(33)38)20-22-10-9-11-23(32-22)21-36(3,4)19-17-34-30(39)26-14-7-8-15-27(26)31(34)40;1-2/h5-15H,16-21H2,1-4H3;2H,1H3/q+2;. The van der Waals surface area contributed by atoms with Crippen molar-refractivity contribution in [2.24, 2.45) is 0 Å². The van der Waals surface area contributed by atoms with Crippen LogP contribution in [0.1, 0.15) is 52.8 Å². The molecule has 0 unspecified atom stereocenters. The number of quaternary nitrogens is 2. The number of thiol groups is 1. The second-order valence-electron chi connectivity index (χ2n) is 11.9. The zero-order valence-corrected chi connectivity index (χ0v) is 25.8. The Balaban J connectivity index is 0.00000198. The van der Waals surface area contributed by atoms with Crippen molar-refractivity contribution in [1.82, 2.24) is 14.8 Å². The van der Waals surface area contributed by atoms with E-state index in [4.69, 9.17) is 4.98 Å². The number of carbonyl (C=O) groups is 4. The monoisotopic (exact) mass is 589 g/mol. The maximum atomic E-state index is 12.7. The number of hydrogen-bond acceptors (Lipinski definition) is 6. The molecule has 42 heavy (non-hydrogen) atoms. The van der Waals surface area contributed by atoms with E-state index < -0.39 is 0 Å². The minimum Gasteiger partial charge on any atom is -0.322 e. The summed E-state index contributed by atoms with van der Waals surface area (Å²) < 4.78 is 1.11. The van der Waals surface area contributed by atoms with Crippen molar-refractivity contribution in [2.75, 3.05) is 60.6 Å². The molecule has 1 aromatic heterocycles. The van der Waals surface area contributed by atoms with Gasteiger partial charge in [-0.15, -0.1) is 0 Å². The van der Waals surface area contributed by atoms with Crippen molar-refractivity contribution < 1.29 is 28.1 Å². The predicted octanol–water partition coefficient (Wildman–Crippen LogP) is 3.37. The van der Waals surface area contributed by atoms with Crippen LogP contribution in [0.4, 0.5) is 0 Å². The Kier molecular flexibility index (Phi) is 9.30. The molecule has 2 aliphatic heterocycles. The van der Waals surface area contributed by atoms with Crippen molar-refractivity contribution in [3.8, 4) is 0 Å². The fourth-order valence-corrected chi connectivity index (χ4v) is 5.37. The summed E-state index contributed by atoms with van der Waals surface area (Å²) in [7, 11) is 8.26. The smallest absolute Gasteiger partial charge is 0.261 e. The lowest BCUT2D eigenvalue weighted by atomic mass is 10.1. The second kappa shape index (κ2) is 12.6. The van der Waals surface area contributed by atoms with Crippen LogP contribution in [0.25, 0.3) is 0 Å². The van der Waals surface area contributed by atoms with Crippen LogP contribution in [0.3, 0.4) is 0 Å². The Morgan fingerprint density at radius 2 is 0.857 bits per heavy atom. The molecule has 0 radical (unpaired) electrons. The highest BCUT2D eigenvalue weighted by Crippen LogP contribution is 2.24. The molecule has 0 aliphatic carbocycles. The van der Waals surface area contributed by atoms with Gasteiger partial charge in [0, 0.05) is 0 Å². The van der Waals surface area contributed by atoms with E-state index in [1.54, 1.807) is 54.8 Å². The number of hydrogen-bond donors (Lipinski definition) is 1. The lowest BCUT2D eigenvalue weighted by molar-refractivity contribution is -0.904. The number of fused-ring (bicyclic) bond motifs is 2. The third-order valence-corrected chi connectivity index (χ3v) is 7.66. The van der Waals surface area contributed by atoms with Crippen LogP contribution in [0.15, 0.2) is 66.7 Å². The first-order chi connectivity index (χ1) is 20.0. The molecule has 9 nitrogen and oxygen atoms in total. The van der Waals surface area contributed by atoms with Crippen molar-refractivity contribution in [1.29, 1.82) is 0 Å². The van der Waals surface area contributed by atoms with Crippen LogP contribution < -0.4 is 0 Å². The zero-order chi connectivity index (χ0) is 30.7. The summed E-state index contributed by atoms with van der Waals surface area (Å²) in [5, 5.41) is 0. The number of aromatic nitrogens is 1. The molecule has 2 aromatic carbocycles. The number of imide groups is 2. The lowest BCUT2D eigenvalue weighted by Gasteiger charge is -2.32. The summed E-state index contributed by atoms with van der Waals surface area (Å²) in [6.45, 7) is 3.14. The Morgan fingerprint density at radius 1 is 0.548 bits per heavy atom. The topological polar surface area (TPSA) is 87.7 Å². The molecular formula is C32H39N5O4S+2. The average Bonchev–Trinajstić information content (AvgIpc) is 3.35. The number of carbonyl (C=O) groups excluding carboxylic acids is 4. The van der Waals surface area contributed by atoms with Gasteiger partial charge in [-0.25, -0.2) is 4.98 Å². The highest BCUT2D eigenvalue weighted by Gasteiger charge is 2.37. The Hall–Kier alpha value is -3.86. The third-order valence-electron chi connectivity index (χ3n) is 7.66. The van der Waals surface area contributed by atoms with Crippen molar-refractivity contribution in [3.63, 3.8) is 0 Å². The highest BCUT2D eigenvalue weighted by molar-refractivity contribution is 7.79. The molecular weight excluding hydrogens is 550 g/mol. The summed E-state index contributed by atoms with van der Waals surface area (Å²) in [5.41, 5.74) is 3.72. The first-order valence-corrected chi connectivity index (χ1v) is 14.8. The van der Waals surface area contributed by atoms with Crippen LogP contribution in [-0.2, 0) is 13.1 Å². The molecule has 4 amide bonds. The van der Waals surface area contributed by atoms with E-state index >= 15 is 0 Å². The molecule has 0 spiro atoms. The lowest BCUT2D eigenvalue weighted by Crippen LogP contribution is -2.47. The fourth-order valence-electron chi connectivity index (χ4n) is 5.37. The van der Waals surface area contributed by atoms with Crippen LogP contribution in [-0.4, -0.2) is 108 Å². The molecule has 0 atom stereocenters. The summed E-state index contributed by atoms with van der Waals surface area (Å²) >= 11 is 3.53. The van der Waals surface area contributed by atoms with E-state index in [9.17, 15) is 19.2 Å². The number of benzene rings is 2. The van der Waals surface area contributed by atoms with E-state index in [1.807, 2.05) is 18.2 Å². The van der Waals surface area contributed by atoms with Gasteiger partial charge in [-0.05, 0) is 42.7 Å². The largest absolute Gasteiger partial charge is 0.322 e. The summed E-state index contributed by atoms with van der Waals surface area (Å²) in [6.07, 6.45) is 1.69. The first-order valence-electron chi connectivity index (χ1n) is 13.9. The Morgan fingerprint density at radius 3 is 1.17 bits per heavy atom. The van der Waals surface area contributed by atoms with Gasteiger partial charge in [0.1, 0.15) is 13.1 Å². The first kappa shape index (κ1) is 31.1. The number of likely N-dealkylation sites (N-methyl/N-ethyl adjacent to an activating group) is 2. The molecule has 10 heteroatoms. The van der Waals surface area contributed by atoms with Crippen molar-refractivity contribution >= 4 is 36.3 Å². The van der Waals surface area contributed by atoms with Gasteiger partial charge in [-0.3, -0.25) is 29.0 Å². The van der Waals surface area contributed by atoms with Gasteiger partial charge >= 0.3 is 0 Å². The summed E-state index contributed by atoms with van der Waals surface area (Å²) in [4.78, 5) is 58.5. The Bertz CT molecular complexity index is 1340. The molecule has 2 aliphatic rings. The normalized spacial score (nSPS) is 14.6. The van der Waals surface area contributed by atoms with E-state index in [0.717, 1.165) is 11.4 Å². The summed E-state index contributed by atoms with van der Waals surface area (Å²) in [6, 6.07) is 19.9. The highest BCUT2D eigenvalue weighted by atomic mass is 32.1. The Labute approximate surface area is 252 Å². The molecule has 220 valence electrons. The summed E-state index contributed by atoms with van der Waals surface area (Å²) in [5.74, 6) is -0.937. The van der Waals surface area contributed by atoms with Crippen molar-refractivity contribution in [3.05, 3.63) is 100 Å². The van der Waals surface area contributed by atoms with Gasteiger partial charge in [0.05, 0.1) is 88.0 Å². The van der Waals surface area contributed by atoms with Crippen LogP contribution in [0, 0.1) is 0 Å². The molecule has 5 rings (SSSR count).